The smallest absolute Gasteiger partial charge is 0.291 e. The summed E-state index contributed by atoms with van der Waals surface area (Å²) in [5.74, 6) is -0.0438. The molecule has 124 valence electrons. The molecule has 0 unspecified atom stereocenters. The summed E-state index contributed by atoms with van der Waals surface area (Å²) in [6.45, 7) is 1.84. The Hall–Kier alpha value is -3.12. The van der Waals surface area contributed by atoms with Crippen LogP contribution in [0.25, 0.3) is 16.7 Å². The SMILES string of the molecule is Cc1c(C(=O)Nc2cccc(-n3cnnc3)c2)oc2ccc(Cl)cc12. The number of benzene rings is 2. The van der Waals surface area contributed by atoms with Crippen molar-refractivity contribution < 1.29 is 9.21 Å². The summed E-state index contributed by atoms with van der Waals surface area (Å²) >= 11 is 6.02. The Morgan fingerprint density at radius 1 is 1.16 bits per heavy atom. The molecule has 0 aliphatic heterocycles. The van der Waals surface area contributed by atoms with Gasteiger partial charge in [-0.25, -0.2) is 0 Å². The highest BCUT2D eigenvalue weighted by Crippen LogP contribution is 2.28. The second-order valence-electron chi connectivity index (χ2n) is 5.57. The molecule has 0 spiro atoms. The highest BCUT2D eigenvalue weighted by atomic mass is 35.5. The van der Waals surface area contributed by atoms with Gasteiger partial charge in [-0.2, -0.15) is 0 Å². The highest BCUT2D eigenvalue weighted by molar-refractivity contribution is 6.31. The van der Waals surface area contributed by atoms with Gasteiger partial charge in [0.05, 0.1) is 5.69 Å². The predicted octanol–water partition coefficient (Wildman–Crippen LogP) is 4.23. The van der Waals surface area contributed by atoms with Crippen molar-refractivity contribution in [2.75, 3.05) is 5.32 Å². The normalized spacial score (nSPS) is 11.0. The Bertz CT molecular complexity index is 1070. The van der Waals surface area contributed by atoms with Gasteiger partial charge in [-0.15, -0.1) is 10.2 Å². The third-order valence-electron chi connectivity index (χ3n) is 3.93. The van der Waals surface area contributed by atoms with Crippen LogP contribution in [0.5, 0.6) is 0 Å². The molecule has 1 N–H and O–H groups in total. The summed E-state index contributed by atoms with van der Waals surface area (Å²) in [7, 11) is 0. The minimum atomic E-state index is -0.314. The Kier molecular flexibility index (Phi) is 3.74. The van der Waals surface area contributed by atoms with E-state index < -0.39 is 0 Å². The Morgan fingerprint density at radius 2 is 1.96 bits per heavy atom. The highest BCUT2D eigenvalue weighted by Gasteiger charge is 2.18. The molecule has 0 fully saturated rings. The standard InChI is InChI=1S/C18H13ClN4O2/c1-11-15-7-12(19)5-6-16(15)25-17(11)18(24)22-13-3-2-4-14(8-13)23-9-20-21-10-23/h2-10H,1H3,(H,22,24). The molecule has 2 aromatic carbocycles. The van der Waals surface area contributed by atoms with E-state index in [1.165, 1.54) is 0 Å². The Morgan fingerprint density at radius 3 is 2.76 bits per heavy atom. The predicted molar refractivity (Wildman–Crippen MR) is 95.3 cm³/mol. The van der Waals surface area contributed by atoms with Crippen LogP contribution < -0.4 is 5.32 Å². The zero-order valence-corrected chi connectivity index (χ0v) is 14.0. The third-order valence-corrected chi connectivity index (χ3v) is 4.16. The summed E-state index contributed by atoms with van der Waals surface area (Å²) in [4.78, 5) is 12.6. The Balaban J connectivity index is 1.64. The maximum absolute atomic E-state index is 12.6. The van der Waals surface area contributed by atoms with E-state index >= 15 is 0 Å². The number of amides is 1. The molecule has 0 bridgehead atoms. The number of rotatable bonds is 3. The van der Waals surface area contributed by atoms with Crippen LogP contribution in [-0.4, -0.2) is 20.7 Å². The molecular weight excluding hydrogens is 340 g/mol. The maximum atomic E-state index is 12.6. The van der Waals surface area contributed by atoms with Gasteiger partial charge in [0, 0.05) is 21.7 Å². The quantitative estimate of drug-likeness (QED) is 0.599. The van der Waals surface area contributed by atoms with Crippen molar-refractivity contribution in [3.05, 3.63) is 71.5 Å². The fourth-order valence-corrected chi connectivity index (χ4v) is 2.85. The number of carbonyl (C=O) groups is 1. The topological polar surface area (TPSA) is 73.0 Å². The minimum absolute atomic E-state index is 0.270. The van der Waals surface area contributed by atoms with Crippen molar-refractivity contribution >= 4 is 34.2 Å². The molecule has 0 atom stereocenters. The molecule has 0 aliphatic carbocycles. The van der Waals surface area contributed by atoms with Crippen LogP contribution in [0.15, 0.2) is 59.5 Å². The molecule has 6 nitrogen and oxygen atoms in total. The van der Waals surface area contributed by atoms with Crippen LogP contribution in [0, 0.1) is 6.92 Å². The lowest BCUT2D eigenvalue weighted by atomic mass is 10.1. The van der Waals surface area contributed by atoms with Crippen molar-refractivity contribution in [1.82, 2.24) is 14.8 Å². The van der Waals surface area contributed by atoms with E-state index in [1.54, 1.807) is 41.5 Å². The number of fused-ring (bicyclic) bond motifs is 1. The van der Waals surface area contributed by atoms with Crippen molar-refractivity contribution in [1.29, 1.82) is 0 Å². The third kappa shape index (κ3) is 2.88. The van der Waals surface area contributed by atoms with E-state index in [-0.39, 0.29) is 11.7 Å². The first-order valence-electron chi connectivity index (χ1n) is 7.57. The number of halogens is 1. The molecular formula is C18H13ClN4O2. The fraction of sp³-hybridized carbons (Fsp3) is 0.0556. The van der Waals surface area contributed by atoms with E-state index in [0.29, 0.717) is 16.3 Å². The second kappa shape index (κ2) is 6.07. The molecule has 4 rings (SSSR count). The summed E-state index contributed by atoms with van der Waals surface area (Å²) in [5.41, 5.74) is 2.88. The van der Waals surface area contributed by atoms with Crippen molar-refractivity contribution in [2.24, 2.45) is 0 Å². The molecule has 25 heavy (non-hydrogen) atoms. The summed E-state index contributed by atoms with van der Waals surface area (Å²) in [6.07, 6.45) is 3.18. The average molecular weight is 353 g/mol. The second-order valence-corrected chi connectivity index (χ2v) is 6.01. The lowest BCUT2D eigenvalue weighted by Crippen LogP contribution is -2.12. The maximum Gasteiger partial charge on any atom is 0.291 e. The molecule has 0 saturated heterocycles. The summed E-state index contributed by atoms with van der Waals surface area (Å²) in [6, 6.07) is 12.7. The lowest BCUT2D eigenvalue weighted by molar-refractivity contribution is 0.0998. The molecule has 0 saturated carbocycles. The van der Waals surface area contributed by atoms with E-state index in [2.05, 4.69) is 15.5 Å². The van der Waals surface area contributed by atoms with Gasteiger partial charge in [0.2, 0.25) is 0 Å². The molecule has 0 aliphatic rings. The van der Waals surface area contributed by atoms with Gasteiger partial charge >= 0.3 is 0 Å². The Labute approximate surface area is 148 Å². The number of nitrogens with zero attached hydrogens (tertiary/aromatic N) is 3. The number of anilines is 1. The number of furan rings is 1. The van der Waals surface area contributed by atoms with Crippen LogP contribution in [-0.2, 0) is 0 Å². The number of aromatic nitrogens is 3. The van der Waals surface area contributed by atoms with Crippen LogP contribution in [0.2, 0.25) is 5.02 Å². The number of nitrogens with one attached hydrogen (secondary N) is 1. The lowest BCUT2D eigenvalue weighted by Gasteiger charge is -2.07. The van der Waals surface area contributed by atoms with E-state index in [1.807, 2.05) is 25.1 Å². The summed E-state index contributed by atoms with van der Waals surface area (Å²) < 4.78 is 7.45. The van der Waals surface area contributed by atoms with Crippen LogP contribution in [0.3, 0.4) is 0 Å². The fourth-order valence-electron chi connectivity index (χ4n) is 2.68. The van der Waals surface area contributed by atoms with Gasteiger partial charge in [-0.3, -0.25) is 9.36 Å². The first-order valence-corrected chi connectivity index (χ1v) is 7.95. The first kappa shape index (κ1) is 15.4. The van der Waals surface area contributed by atoms with Crippen LogP contribution >= 0.6 is 11.6 Å². The first-order chi connectivity index (χ1) is 12.1. The molecule has 4 aromatic rings. The largest absolute Gasteiger partial charge is 0.451 e. The number of hydrogen-bond acceptors (Lipinski definition) is 4. The zero-order chi connectivity index (χ0) is 17.4. The van der Waals surface area contributed by atoms with Crippen molar-refractivity contribution in [3.8, 4) is 5.69 Å². The van der Waals surface area contributed by atoms with Crippen molar-refractivity contribution in [3.63, 3.8) is 0 Å². The zero-order valence-electron chi connectivity index (χ0n) is 13.2. The van der Waals surface area contributed by atoms with E-state index in [0.717, 1.165) is 16.6 Å². The number of aryl methyl sites for hydroxylation is 1. The van der Waals surface area contributed by atoms with Gasteiger partial charge in [-0.1, -0.05) is 17.7 Å². The van der Waals surface area contributed by atoms with Crippen LogP contribution in [0.4, 0.5) is 5.69 Å². The molecule has 1 amide bonds. The number of carbonyl (C=O) groups excluding carboxylic acids is 1. The van der Waals surface area contributed by atoms with E-state index in [4.69, 9.17) is 16.0 Å². The van der Waals surface area contributed by atoms with Gasteiger partial charge in [-0.05, 0) is 43.3 Å². The minimum Gasteiger partial charge on any atom is -0.451 e. The van der Waals surface area contributed by atoms with E-state index in [9.17, 15) is 4.79 Å². The monoisotopic (exact) mass is 352 g/mol. The van der Waals surface area contributed by atoms with Gasteiger partial charge < -0.3 is 9.73 Å². The molecule has 0 radical (unpaired) electrons. The molecule has 2 aromatic heterocycles. The summed E-state index contributed by atoms with van der Waals surface area (Å²) in [5, 5.41) is 11.8. The number of hydrogen-bond donors (Lipinski definition) is 1. The average Bonchev–Trinajstić information content (AvgIpc) is 3.24. The van der Waals surface area contributed by atoms with Crippen molar-refractivity contribution in [2.45, 2.75) is 6.92 Å². The van der Waals surface area contributed by atoms with Gasteiger partial charge in [0.25, 0.3) is 5.91 Å². The molecule has 2 heterocycles. The van der Waals surface area contributed by atoms with Gasteiger partial charge in [0.1, 0.15) is 18.2 Å². The van der Waals surface area contributed by atoms with Gasteiger partial charge in [0.15, 0.2) is 5.76 Å². The van der Waals surface area contributed by atoms with Crippen LogP contribution in [0.1, 0.15) is 16.1 Å². The molecule has 7 heteroatoms.